The topological polar surface area (TPSA) is 76.1 Å². The minimum absolute atomic E-state index is 0.247. The Balaban J connectivity index is 1.73. The second-order valence-electron chi connectivity index (χ2n) is 5.90. The first-order valence-corrected chi connectivity index (χ1v) is 8.19. The first kappa shape index (κ1) is 17.4. The van der Waals surface area contributed by atoms with Crippen molar-refractivity contribution in [3.8, 4) is 5.75 Å². The van der Waals surface area contributed by atoms with E-state index in [1.807, 2.05) is 56.3 Å². The van der Waals surface area contributed by atoms with Gasteiger partial charge in [-0.2, -0.15) is 0 Å². The van der Waals surface area contributed by atoms with Crippen molar-refractivity contribution in [2.75, 3.05) is 17.7 Å². The molecule has 6 heteroatoms. The number of hydrogen-bond donors (Lipinski definition) is 2. The average Bonchev–Trinajstić information content (AvgIpc) is 2.65. The highest BCUT2D eigenvalue weighted by Gasteiger charge is 2.11. The van der Waals surface area contributed by atoms with Crippen molar-refractivity contribution >= 4 is 23.1 Å². The maximum atomic E-state index is 12.4. The van der Waals surface area contributed by atoms with Crippen molar-refractivity contribution in [2.24, 2.45) is 0 Å². The Morgan fingerprint density at radius 2 is 1.77 bits per heavy atom. The summed E-state index contributed by atoms with van der Waals surface area (Å²) in [6.45, 7) is 3.92. The van der Waals surface area contributed by atoms with E-state index in [9.17, 15) is 4.79 Å². The zero-order chi connectivity index (χ0) is 18.5. The Bertz CT molecular complexity index is 923. The molecule has 6 nitrogen and oxygen atoms in total. The van der Waals surface area contributed by atoms with Crippen LogP contribution in [0.3, 0.4) is 0 Å². The van der Waals surface area contributed by atoms with Crippen LogP contribution in [-0.4, -0.2) is 23.2 Å². The minimum Gasteiger partial charge on any atom is -0.495 e. The van der Waals surface area contributed by atoms with Gasteiger partial charge >= 0.3 is 0 Å². The molecule has 0 bridgehead atoms. The Hall–Kier alpha value is -3.41. The number of aromatic nitrogens is 2. The summed E-state index contributed by atoms with van der Waals surface area (Å²) in [5.74, 6) is 0.930. The molecule has 0 aliphatic rings. The smallest absolute Gasteiger partial charge is 0.276 e. The average molecular weight is 348 g/mol. The Morgan fingerprint density at radius 3 is 2.50 bits per heavy atom. The van der Waals surface area contributed by atoms with Crippen LogP contribution in [0.5, 0.6) is 5.75 Å². The van der Waals surface area contributed by atoms with Gasteiger partial charge in [0.2, 0.25) is 0 Å². The molecule has 1 amide bonds. The van der Waals surface area contributed by atoms with Gasteiger partial charge < -0.3 is 15.4 Å². The van der Waals surface area contributed by atoms with Crippen LogP contribution in [0.2, 0.25) is 0 Å². The Morgan fingerprint density at radius 1 is 0.962 bits per heavy atom. The lowest BCUT2D eigenvalue weighted by atomic mass is 10.1. The van der Waals surface area contributed by atoms with Crippen LogP contribution in [0.1, 0.15) is 21.6 Å². The highest BCUT2D eigenvalue weighted by molar-refractivity contribution is 6.03. The predicted molar refractivity (Wildman–Crippen MR) is 102 cm³/mol. The van der Waals surface area contributed by atoms with Crippen LogP contribution in [0, 0.1) is 13.8 Å². The number of aryl methyl sites for hydroxylation is 2. The van der Waals surface area contributed by atoms with E-state index >= 15 is 0 Å². The van der Waals surface area contributed by atoms with Crippen molar-refractivity contribution in [1.82, 2.24) is 10.2 Å². The van der Waals surface area contributed by atoms with Gasteiger partial charge in [0.15, 0.2) is 11.5 Å². The van der Waals surface area contributed by atoms with Crippen molar-refractivity contribution < 1.29 is 9.53 Å². The van der Waals surface area contributed by atoms with Crippen molar-refractivity contribution in [2.45, 2.75) is 13.8 Å². The molecule has 0 radical (unpaired) electrons. The second kappa shape index (κ2) is 7.65. The third-order valence-corrected chi connectivity index (χ3v) is 3.91. The first-order chi connectivity index (χ1) is 12.6. The van der Waals surface area contributed by atoms with Gasteiger partial charge in [-0.3, -0.25) is 4.79 Å². The lowest BCUT2D eigenvalue weighted by Crippen LogP contribution is -2.15. The van der Waals surface area contributed by atoms with Crippen LogP contribution in [-0.2, 0) is 0 Å². The zero-order valence-electron chi connectivity index (χ0n) is 14.9. The number of para-hydroxylation sites is 2. The normalized spacial score (nSPS) is 10.3. The molecule has 132 valence electrons. The van der Waals surface area contributed by atoms with E-state index in [2.05, 4.69) is 20.8 Å². The van der Waals surface area contributed by atoms with Gasteiger partial charge in [-0.15, -0.1) is 10.2 Å². The molecular formula is C20H20N4O2. The molecule has 1 aromatic heterocycles. The number of nitrogens with one attached hydrogen (secondary N) is 2. The second-order valence-corrected chi connectivity index (χ2v) is 5.90. The molecule has 0 unspecified atom stereocenters. The largest absolute Gasteiger partial charge is 0.495 e. The fraction of sp³-hybridized carbons (Fsp3) is 0.150. The van der Waals surface area contributed by atoms with Crippen molar-refractivity contribution in [3.63, 3.8) is 0 Å². The number of rotatable bonds is 5. The van der Waals surface area contributed by atoms with E-state index in [1.54, 1.807) is 19.2 Å². The number of nitrogens with zero attached hydrogens (tertiary/aromatic N) is 2. The Labute approximate surface area is 152 Å². The molecule has 0 saturated carbocycles. The molecule has 0 aliphatic heterocycles. The fourth-order valence-electron chi connectivity index (χ4n) is 2.46. The molecule has 26 heavy (non-hydrogen) atoms. The van der Waals surface area contributed by atoms with E-state index in [-0.39, 0.29) is 11.6 Å². The third kappa shape index (κ3) is 3.97. The SMILES string of the molecule is COc1ccccc1Nc1ccc(C(=O)Nc2cc(C)ccc2C)nn1. The number of anilines is 3. The summed E-state index contributed by atoms with van der Waals surface area (Å²) >= 11 is 0. The van der Waals surface area contributed by atoms with Gasteiger partial charge in [0.25, 0.3) is 5.91 Å². The first-order valence-electron chi connectivity index (χ1n) is 8.19. The van der Waals surface area contributed by atoms with E-state index in [1.165, 1.54) is 0 Å². The highest BCUT2D eigenvalue weighted by Crippen LogP contribution is 2.26. The third-order valence-electron chi connectivity index (χ3n) is 3.91. The molecule has 0 aliphatic carbocycles. The summed E-state index contributed by atoms with van der Waals surface area (Å²) in [6.07, 6.45) is 0. The number of ether oxygens (including phenoxy) is 1. The van der Waals surface area contributed by atoms with E-state index in [4.69, 9.17) is 4.74 Å². The van der Waals surface area contributed by atoms with Gasteiger partial charge in [-0.05, 0) is 55.3 Å². The van der Waals surface area contributed by atoms with Gasteiger partial charge in [-0.1, -0.05) is 24.3 Å². The standard InChI is InChI=1S/C20H20N4O2/c1-13-8-9-14(2)17(12-13)22-20(25)16-10-11-19(24-23-16)21-15-6-4-5-7-18(15)26-3/h4-12H,1-3H3,(H,21,24)(H,22,25). The van der Waals surface area contributed by atoms with Gasteiger partial charge in [-0.25, -0.2) is 0 Å². The summed E-state index contributed by atoms with van der Waals surface area (Å²) in [5.41, 5.74) is 3.86. The monoisotopic (exact) mass is 348 g/mol. The van der Waals surface area contributed by atoms with Crippen LogP contribution in [0.15, 0.2) is 54.6 Å². The lowest BCUT2D eigenvalue weighted by Gasteiger charge is -2.11. The molecular weight excluding hydrogens is 328 g/mol. The van der Waals surface area contributed by atoms with Crippen LogP contribution < -0.4 is 15.4 Å². The number of benzene rings is 2. The zero-order valence-corrected chi connectivity index (χ0v) is 14.9. The molecule has 0 fully saturated rings. The molecule has 3 aromatic rings. The molecule has 3 rings (SSSR count). The Kier molecular flexibility index (Phi) is 5.12. The molecule has 0 saturated heterocycles. The van der Waals surface area contributed by atoms with Gasteiger partial charge in [0.1, 0.15) is 5.75 Å². The minimum atomic E-state index is -0.296. The molecule has 1 heterocycles. The van der Waals surface area contributed by atoms with Gasteiger partial charge in [0.05, 0.1) is 12.8 Å². The number of carbonyl (C=O) groups excluding carboxylic acids is 1. The number of hydrogen-bond acceptors (Lipinski definition) is 5. The summed E-state index contributed by atoms with van der Waals surface area (Å²) in [6, 6.07) is 16.7. The van der Waals surface area contributed by atoms with Gasteiger partial charge in [0, 0.05) is 5.69 Å². The summed E-state index contributed by atoms with van der Waals surface area (Å²) in [7, 11) is 1.60. The van der Waals surface area contributed by atoms with E-state index < -0.39 is 0 Å². The maximum absolute atomic E-state index is 12.4. The van der Waals surface area contributed by atoms with Crippen LogP contribution in [0.25, 0.3) is 0 Å². The number of carbonyl (C=O) groups is 1. The summed E-state index contributed by atoms with van der Waals surface area (Å²) in [4.78, 5) is 12.4. The molecule has 2 aromatic carbocycles. The maximum Gasteiger partial charge on any atom is 0.276 e. The highest BCUT2D eigenvalue weighted by atomic mass is 16.5. The van der Waals surface area contributed by atoms with Crippen molar-refractivity contribution in [1.29, 1.82) is 0 Å². The summed E-state index contributed by atoms with van der Waals surface area (Å²) in [5, 5.41) is 14.1. The number of amides is 1. The lowest BCUT2D eigenvalue weighted by molar-refractivity contribution is 0.102. The predicted octanol–water partition coefficient (Wildman–Crippen LogP) is 4.10. The molecule has 2 N–H and O–H groups in total. The summed E-state index contributed by atoms with van der Waals surface area (Å²) < 4.78 is 5.29. The molecule has 0 spiro atoms. The van der Waals surface area contributed by atoms with Crippen LogP contribution >= 0.6 is 0 Å². The van der Waals surface area contributed by atoms with Crippen molar-refractivity contribution in [3.05, 3.63) is 71.4 Å². The fourth-order valence-corrected chi connectivity index (χ4v) is 2.46. The number of methoxy groups -OCH3 is 1. The van der Waals surface area contributed by atoms with Crippen LogP contribution in [0.4, 0.5) is 17.2 Å². The van der Waals surface area contributed by atoms with E-state index in [0.717, 1.165) is 22.5 Å². The quantitative estimate of drug-likeness (QED) is 0.726. The molecule has 0 atom stereocenters. The van der Waals surface area contributed by atoms with E-state index in [0.29, 0.717) is 11.6 Å².